The summed E-state index contributed by atoms with van der Waals surface area (Å²) in [6.45, 7) is 1.23. The second kappa shape index (κ2) is 10.2. The molecule has 0 aliphatic heterocycles. The zero-order valence-corrected chi connectivity index (χ0v) is 16.5. The summed E-state index contributed by atoms with van der Waals surface area (Å²) in [6, 6.07) is 3.26. The van der Waals surface area contributed by atoms with Crippen molar-refractivity contribution in [2.75, 3.05) is 5.32 Å². The Morgan fingerprint density at radius 1 is 1.17 bits per heavy atom. The number of rotatable bonds is 6. The third kappa shape index (κ3) is 6.70. The van der Waals surface area contributed by atoms with Gasteiger partial charge in [-0.3, -0.25) is 4.79 Å². The van der Waals surface area contributed by atoms with Gasteiger partial charge in [-0.25, -0.2) is 29.2 Å². The third-order valence-electron chi connectivity index (χ3n) is 3.65. The molecule has 0 spiro atoms. The van der Waals surface area contributed by atoms with E-state index in [4.69, 9.17) is 10.2 Å². The van der Waals surface area contributed by atoms with Crippen molar-refractivity contribution in [1.82, 2.24) is 20.7 Å². The number of benzene rings is 1. The first-order chi connectivity index (χ1) is 14.2. The van der Waals surface area contributed by atoms with E-state index >= 15 is 0 Å². The molecule has 0 saturated carbocycles. The summed E-state index contributed by atoms with van der Waals surface area (Å²) in [6.07, 6.45) is -2.92. The van der Waals surface area contributed by atoms with Crippen LogP contribution in [-0.4, -0.2) is 44.3 Å². The van der Waals surface area contributed by atoms with Gasteiger partial charge in [0.15, 0.2) is 5.13 Å². The van der Waals surface area contributed by atoms with Crippen LogP contribution in [0.5, 0.6) is 0 Å². The Morgan fingerprint density at radius 3 is 2.47 bits per heavy atom. The molecule has 0 radical (unpaired) electrons. The van der Waals surface area contributed by atoms with E-state index in [1.54, 1.807) is 22.9 Å². The van der Waals surface area contributed by atoms with Gasteiger partial charge in [-0.1, -0.05) is 12.1 Å². The van der Waals surface area contributed by atoms with Crippen LogP contribution in [0.25, 0.3) is 0 Å². The number of nitrogens with one attached hydrogen (secondary N) is 3. The van der Waals surface area contributed by atoms with Gasteiger partial charge < -0.3 is 20.8 Å². The lowest BCUT2D eigenvalue weighted by atomic mass is 10.1. The lowest BCUT2D eigenvalue weighted by Crippen LogP contribution is -2.51. The minimum absolute atomic E-state index is 0.151. The second-order valence-corrected chi connectivity index (χ2v) is 6.80. The Kier molecular flexibility index (Phi) is 7.63. The van der Waals surface area contributed by atoms with Gasteiger partial charge in [-0.05, 0) is 30.0 Å². The molecule has 30 heavy (non-hydrogen) atoms. The maximum absolute atomic E-state index is 14.3. The highest BCUT2D eigenvalue weighted by molar-refractivity contribution is 7.13. The summed E-state index contributed by atoms with van der Waals surface area (Å²) >= 11 is 1.28. The zero-order chi connectivity index (χ0) is 22.3. The number of aryl methyl sites for hydroxylation is 2. The molecule has 11 nitrogen and oxygen atoms in total. The smallest absolute Gasteiger partial charge is 0.436 e. The average Bonchev–Trinajstić information content (AvgIpc) is 3.09. The molecule has 0 saturated heterocycles. The van der Waals surface area contributed by atoms with Gasteiger partial charge in [0.05, 0.1) is 5.69 Å². The second-order valence-electron chi connectivity index (χ2n) is 5.95. The van der Waals surface area contributed by atoms with Crippen molar-refractivity contribution in [3.8, 4) is 0 Å². The number of thiazole rings is 1. The van der Waals surface area contributed by atoms with Gasteiger partial charge in [-0.15, -0.1) is 16.3 Å². The van der Waals surface area contributed by atoms with Gasteiger partial charge >= 0.3 is 18.2 Å². The molecule has 2 aromatic rings. The maximum atomic E-state index is 14.3. The van der Waals surface area contributed by atoms with Crippen LogP contribution in [0, 0.1) is 5.82 Å². The molecule has 1 heterocycles. The number of hydrogen-bond acceptors (Lipinski definition) is 6. The maximum Gasteiger partial charge on any atom is 0.436 e. The molecular weight excluding hydrogens is 421 g/mol. The van der Waals surface area contributed by atoms with Crippen molar-refractivity contribution >= 4 is 40.6 Å². The highest BCUT2D eigenvalue weighted by Gasteiger charge is 2.22. The van der Waals surface area contributed by atoms with Crippen LogP contribution in [-0.2, 0) is 24.2 Å². The van der Waals surface area contributed by atoms with Gasteiger partial charge in [0.25, 0.3) is 0 Å². The number of amides is 5. The first kappa shape index (κ1) is 22.5. The van der Waals surface area contributed by atoms with Crippen molar-refractivity contribution in [3.63, 3.8) is 0 Å². The minimum Gasteiger partial charge on any atom is -0.463 e. The van der Waals surface area contributed by atoms with E-state index in [1.165, 1.54) is 24.3 Å². The van der Waals surface area contributed by atoms with Crippen LogP contribution >= 0.6 is 11.3 Å². The zero-order valence-electron chi connectivity index (χ0n) is 15.6. The van der Waals surface area contributed by atoms with Crippen LogP contribution in [0.3, 0.4) is 0 Å². The van der Waals surface area contributed by atoms with E-state index in [2.05, 4.69) is 15.6 Å². The van der Waals surface area contributed by atoms with Crippen molar-refractivity contribution < 1.29 is 33.8 Å². The predicted molar refractivity (Wildman–Crippen MR) is 103 cm³/mol. The SMILES string of the molecule is CC(=O)Nc1nc(CCc2ccc(CNC(=O)NN(C(=O)O)C(=O)O)cc2F)cs1. The number of carboxylic acid groups (broad SMARTS) is 2. The van der Waals surface area contributed by atoms with Crippen LogP contribution in [0.1, 0.15) is 23.7 Å². The van der Waals surface area contributed by atoms with Crippen LogP contribution in [0.15, 0.2) is 23.6 Å². The molecule has 0 bridgehead atoms. The number of halogens is 1. The summed E-state index contributed by atoms with van der Waals surface area (Å²) in [5.74, 6) is -0.719. The number of imide groups is 1. The van der Waals surface area contributed by atoms with Gasteiger partial charge in [0.1, 0.15) is 5.82 Å². The Hall–Kier alpha value is -3.74. The molecule has 0 atom stereocenters. The number of carbonyl (C=O) groups excluding carboxylic acids is 2. The number of nitrogens with zero attached hydrogens (tertiary/aromatic N) is 2. The average molecular weight is 439 g/mol. The topological polar surface area (TPSA) is 161 Å². The van der Waals surface area contributed by atoms with Crippen molar-refractivity contribution in [1.29, 1.82) is 0 Å². The van der Waals surface area contributed by atoms with Crippen molar-refractivity contribution in [2.45, 2.75) is 26.3 Å². The molecule has 0 unspecified atom stereocenters. The number of hydrogen-bond donors (Lipinski definition) is 5. The summed E-state index contributed by atoms with van der Waals surface area (Å²) in [5.41, 5.74) is 3.16. The number of anilines is 1. The van der Waals surface area contributed by atoms with Crippen LogP contribution in [0.4, 0.5) is 23.9 Å². The first-order valence-electron chi connectivity index (χ1n) is 8.45. The van der Waals surface area contributed by atoms with Crippen LogP contribution < -0.4 is 16.1 Å². The van der Waals surface area contributed by atoms with E-state index in [-0.39, 0.29) is 17.5 Å². The fraction of sp³-hybridized carbons (Fsp3) is 0.235. The molecule has 1 aromatic heterocycles. The number of hydrazine groups is 1. The normalized spacial score (nSPS) is 10.2. The van der Waals surface area contributed by atoms with Crippen molar-refractivity contribution in [2.24, 2.45) is 0 Å². The molecule has 1 aromatic carbocycles. The number of carbonyl (C=O) groups is 4. The highest BCUT2D eigenvalue weighted by atomic mass is 32.1. The third-order valence-corrected chi connectivity index (χ3v) is 4.46. The van der Waals surface area contributed by atoms with Crippen molar-refractivity contribution in [3.05, 3.63) is 46.2 Å². The molecule has 160 valence electrons. The van der Waals surface area contributed by atoms with E-state index in [0.717, 1.165) is 0 Å². The number of urea groups is 1. The lowest BCUT2D eigenvalue weighted by Gasteiger charge is -2.15. The fourth-order valence-corrected chi connectivity index (χ4v) is 3.09. The summed E-state index contributed by atoms with van der Waals surface area (Å²) < 4.78 is 14.3. The molecule has 5 amide bonds. The predicted octanol–water partition coefficient (Wildman–Crippen LogP) is 2.40. The molecule has 2 rings (SSSR count). The highest BCUT2D eigenvalue weighted by Crippen LogP contribution is 2.18. The van der Waals surface area contributed by atoms with E-state index in [1.807, 2.05) is 0 Å². The molecule has 0 aliphatic rings. The lowest BCUT2D eigenvalue weighted by molar-refractivity contribution is -0.114. The summed E-state index contributed by atoms with van der Waals surface area (Å²) in [4.78, 5) is 48.2. The fourth-order valence-electron chi connectivity index (χ4n) is 2.30. The Morgan fingerprint density at radius 2 is 1.87 bits per heavy atom. The number of aromatic nitrogens is 1. The Bertz CT molecular complexity index is 952. The largest absolute Gasteiger partial charge is 0.463 e. The van der Waals surface area contributed by atoms with Gasteiger partial charge in [0.2, 0.25) is 5.91 Å². The van der Waals surface area contributed by atoms with Gasteiger partial charge in [0, 0.05) is 18.8 Å². The summed E-state index contributed by atoms with van der Waals surface area (Å²) in [5, 5.41) is 24.0. The quantitative estimate of drug-likeness (QED) is 0.432. The molecule has 5 N–H and O–H groups in total. The standard InChI is InChI=1S/C17H18FN5O6S/c1-9(24)20-15-21-12(8-30-15)5-4-11-3-2-10(6-13(11)18)7-19-14(25)22-23(16(26)27)17(28)29/h2-3,6,8H,4-5,7H2,1H3,(H,26,27)(H,28,29)(H2,19,22,25)(H,20,21,24). The van der Waals surface area contributed by atoms with Gasteiger partial charge in [-0.2, -0.15) is 0 Å². The molecular formula is C17H18FN5O6S. The van der Waals surface area contributed by atoms with E-state index < -0.39 is 24.0 Å². The molecule has 0 aliphatic carbocycles. The van der Waals surface area contributed by atoms with Crippen LogP contribution in [0.2, 0.25) is 0 Å². The molecule has 13 heteroatoms. The first-order valence-corrected chi connectivity index (χ1v) is 9.33. The summed E-state index contributed by atoms with van der Waals surface area (Å²) in [7, 11) is 0. The Labute approximate surface area is 173 Å². The minimum atomic E-state index is -1.88. The Balaban J connectivity index is 1.88. The molecule has 0 fully saturated rings. The van der Waals surface area contributed by atoms with E-state index in [0.29, 0.717) is 34.8 Å². The van der Waals surface area contributed by atoms with E-state index in [9.17, 15) is 23.6 Å². The monoisotopic (exact) mass is 439 g/mol.